The van der Waals surface area contributed by atoms with Crippen molar-refractivity contribution in [2.75, 3.05) is 7.11 Å². The quantitative estimate of drug-likeness (QED) is 0.735. The van der Waals surface area contributed by atoms with Gasteiger partial charge in [0.1, 0.15) is 10.8 Å². The van der Waals surface area contributed by atoms with Gasteiger partial charge < -0.3 is 10.1 Å². The second-order valence-corrected chi connectivity index (χ2v) is 6.48. The molecule has 0 fully saturated rings. The smallest absolute Gasteiger partial charge is 0.226 e. The van der Waals surface area contributed by atoms with Crippen molar-refractivity contribution in [1.29, 1.82) is 0 Å². The average Bonchev–Trinajstić information content (AvgIpc) is 3.10. The minimum absolute atomic E-state index is 0.0528. The lowest BCUT2D eigenvalue weighted by molar-refractivity contribution is -0.121. The summed E-state index contributed by atoms with van der Waals surface area (Å²) in [5.74, 6) is 0.757. The van der Waals surface area contributed by atoms with Crippen molar-refractivity contribution in [2.24, 2.45) is 0 Å². The molecule has 0 radical (unpaired) electrons. The van der Waals surface area contributed by atoms with Crippen molar-refractivity contribution < 1.29 is 9.53 Å². The summed E-state index contributed by atoms with van der Waals surface area (Å²) in [6, 6.07) is 11.5. The van der Waals surface area contributed by atoms with Gasteiger partial charge in [-0.2, -0.15) is 0 Å². The largest absolute Gasteiger partial charge is 0.497 e. The molecule has 0 aliphatic rings. The maximum Gasteiger partial charge on any atom is 0.226 e. The number of amides is 1. The van der Waals surface area contributed by atoms with Crippen LogP contribution in [0.1, 0.15) is 24.2 Å². The van der Waals surface area contributed by atoms with E-state index in [0.717, 1.165) is 27.6 Å². The Morgan fingerprint density at radius 1 is 1.28 bits per heavy atom. The number of ether oxygens (including phenoxy) is 1. The van der Waals surface area contributed by atoms with Gasteiger partial charge in [0.15, 0.2) is 0 Å². The maximum atomic E-state index is 12.2. The van der Waals surface area contributed by atoms with Gasteiger partial charge >= 0.3 is 0 Å². The van der Waals surface area contributed by atoms with Gasteiger partial charge in [0.05, 0.1) is 25.3 Å². The summed E-state index contributed by atoms with van der Waals surface area (Å²) in [6.07, 6.45) is 3.74. The third-order valence-electron chi connectivity index (χ3n) is 3.79. The van der Waals surface area contributed by atoms with Crippen LogP contribution in [0.25, 0.3) is 10.6 Å². The van der Waals surface area contributed by atoms with Crippen LogP contribution in [0.4, 0.5) is 0 Å². The normalized spacial score (nSPS) is 11.8. The Labute approximate surface area is 150 Å². The zero-order valence-electron chi connectivity index (χ0n) is 14.1. The van der Waals surface area contributed by atoms with Crippen molar-refractivity contribution in [2.45, 2.75) is 19.4 Å². The summed E-state index contributed by atoms with van der Waals surface area (Å²) in [7, 11) is 1.64. The van der Waals surface area contributed by atoms with Gasteiger partial charge in [-0.3, -0.25) is 9.78 Å². The zero-order valence-corrected chi connectivity index (χ0v) is 14.9. The molecule has 0 saturated heterocycles. The molecule has 1 atom stereocenters. The van der Waals surface area contributed by atoms with Crippen LogP contribution in [0.5, 0.6) is 5.75 Å². The number of rotatable bonds is 6. The fourth-order valence-corrected chi connectivity index (χ4v) is 3.25. The predicted molar refractivity (Wildman–Crippen MR) is 98.6 cm³/mol. The first-order chi connectivity index (χ1) is 12.2. The van der Waals surface area contributed by atoms with Crippen molar-refractivity contribution in [3.05, 3.63) is 65.4 Å². The summed E-state index contributed by atoms with van der Waals surface area (Å²) in [5, 5.41) is 5.80. The van der Waals surface area contributed by atoms with Gasteiger partial charge in [-0.1, -0.05) is 6.07 Å². The Morgan fingerprint density at radius 2 is 2.08 bits per heavy atom. The molecule has 1 amide bonds. The number of nitrogens with zero attached hydrogens (tertiary/aromatic N) is 2. The van der Waals surface area contributed by atoms with E-state index in [1.807, 2.05) is 48.7 Å². The topological polar surface area (TPSA) is 64.1 Å². The van der Waals surface area contributed by atoms with Crippen molar-refractivity contribution >= 4 is 17.2 Å². The van der Waals surface area contributed by atoms with Crippen LogP contribution in [-0.4, -0.2) is 23.0 Å². The molecule has 3 rings (SSSR count). The molecule has 1 aromatic carbocycles. The van der Waals surface area contributed by atoms with Crippen LogP contribution >= 0.6 is 11.3 Å². The molecule has 2 heterocycles. The fourth-order valence-electron chi connectivity index (χ4n) is 2.43. The Balaban J connectivity index is 1.61. The molecule has 0 bridgehead atoms. The lowest BCUT2D eigenvalue weighted by Crippen LogP contribution is -2.28. The first kappa shape index (κ1) is 17.1. The number of carbonyl (C=O) groups is 1. The van der Waals surface area contributed by atoms with E-state index in [0.29, 0.717) is 0 Å². The van der Waals surface area contributed by atoms with E-state index in [-0.39, 0.29) is 18.4 Å². The molecule has 128 valence electrons. The highest BCUT2D eigenvalue weighted by Gasteiger charge is 2.12. The molecule has 2 aromatic heterocycles. The maximum absolute atomic E-state index is 12.2. The highest BCUT2D eigenvalue weighted by Crippen LogP contribution is 2.26. The summed E-state index contributed by atoms with van der Waals surface area (Å²) in [5.41, 5.74) is 2.76. The van der Waals surface area contributed by atoms with E-state index in [9.17, 15) is 4.79 Å². The molecule has 6 heteroatoms. The van der Waals surface area contributed by atoms with E-state index >= 15 is 0 Å². The van der Waals surface area contributed by atoms with Crippen molar-refractivity contribution in [1.82, 2.24) is 15.3 Å². The standard InChI is InChI=1S/C19H19N3O2S/c1-13(15-4-3-9-20-11-15)21-18(23)10-16-12-25-19(22-16)14-5-7-17(24-2)8-6-14/h3-9,11-13H,10H2,1-2H3,(H,21,23)/t13-/m1/s1. The number of nitrogens with one attached hydrogen (secondary N) is 1. The molecule has 0 saturated carbocycles. The molecular formula is C19H19N3O2S. The number of methoxy groups -OCH3 is 1. The van der Waals surface area contributed by atoms with E-state index in [1.165, 1.54) is 11.3 Å². The minimum atomic E-state index is -0.0825. The predicted octanol–water partition coefficient (Wildman–Crippen LogP) is 3.63. The Kier molecular flexibility index (Phi) is 5.40. The van der Waals surface area contributed by atoms with Crippen LogP contribution in [-0.2, 0) is 11.2 Å². The average molecular weight is 353 g/mol. The molecule has 0 unspecified atom stereocenters. The lowest BCUT2D eigenvalue weighted by Gasteiger charge is -2.13. The number of pyridine rings is 1. The third-order valence-corrected chi connectivity index (χ3v) is 4.73. The number of hydrogen-bond acceptors (Lipinski definition) is 5. The van der Waals surface area contributed by atoms with Crippen LogP contribution in [0, 0.1) is 0 Å². The zero-order chi connectivity index (χ0) is 17.6. The van der Waals surface area contributed by atoms with Gasteiger partial charge in [0, 0.05) is 23.3 Å². The molecule has 0 spiro atoms. The van der Waals surface area contributed by atoms with Crippen molar-refractivity contribution in [3.8, 4) is 16.3 Å². The Hall–Kier alpha value is -2.73. The Morgan fingerprint density at radius 3 is 2.76 bits per heavy atom. The Bertz CT molecular complexity index is 831. The summed E-state index contributed by atoms with van der Waals surface area (Å²) in [6.45, 7) is 1.94. The molecule has 0 aliphatic heterocycles. The van der Waals surface area contributed by atoms with Crippen molar-refractivity contribution in [3.63, 3.8) is 0 Å². The van der Waals surface area contributed by atoms with Gasteiger partial charge in [0.25, 0.3) is 0 Å². The second-order valence-electron chi connectivity index (χ2n) is 5.62. The molecule has 25 heavy (non-hydrogen) atoms. The molecule has 1 N–H and O–H groups in total. The summed E-state index contributed by atoms with van der Waals surface area (Å²) in [4.78, 5) is 20.9. The number of hydrogen-bond donors (Lipinski definition) is 1. The molecule has 0 aliphatic carbocycles. The molecular weight excluding hydrogens is 334 g/mol. The summed E-state index contributed by atoms with van der Waals surface area (Å²) >= 11 is 1.53. The number of benzene rings is 1. The highest BCUT2D eigenvalue weighted by molar-refractivity contribution is 7.13. The number of thiazole rings is 1. The fraction of sp³-hybridized carbons (Fsp3) is 0.211. The van der Waals surface area contributed by atoms with Crippen LogP contribution < -0.4 is 10.1 Å². The van der Waals surface area contributed by atoms with Gasteiger partial charge in [-0.05, 0) is 42.8 Å². The van der Waals surface area contributed by atoms with E-state index in [1.54, 1.807) is 19.5 Å². The third kappa shape index (κ3) is 4.42. The molecule has 5 nitrogen and oxygen atoms in total. The SMILES string of the molecule is COc1ccc(-c2nc(CC(=O)N[C@H](C)c3cccnc3)cs2)cc1. The van der Waals surface area contributed by atoms with E-state index in [4.69, 9.17) is 4.74 Å². The number of aromatic nitrogens is 2. The number of carbonyl (C=O) groups excluding carboxylic acids is 1. The van der Waals surface area contributed by atoms with Crippen LogP contribution in [0.15, 0.2) is 54.2 Å². The minimum Gasteiger partial charge on any atom is -0.497 e. The van der Waals surface area contributed by atoms with Crippen LogP contribution in [0.3, 0.4) is 0 Å². The van der Waals surface area contributed by atoms with Gasteiger partial charge in [0.2, 0.25) is 5.91 Å². The molecule has 3 aromatic rings. The second kappa shape index (κ2) is 7.90. The van der Waals surface area contributed by atoms with Gasteiger partial charge in [-0.15, -0.1) is 11.3 Å². The van der Waals surface area contributed by atoms with Gasteiger partial charge in [-0.25, -0.2) is 4.98 Å². The highest BCUT2D eigenvalue weighted by atomic mass is 32.1. The van der Waals surface area contributed by atoms with Crippen LogP contribution in [0.2, 0.25) is 0 Å². The van der Waals surface area contributed by atoms with E-state index < -0.39 is 0 Å². The first-order valence-corrected chi connectivity index (χ1v) is 8.82. The first-order valence-electron chi connectivity index (χ1n) is 7.94. The lowest BCUT2D eigenvalue weighted by atomic mass is 10.1. The summed E-state index contributed by atoms with van der Waals surface area (Å²) < 4.78 is 5.16. The van der Waals surface area contributed by atoms with E-state index in [2.05, 4.69) is 15.3 Å². The monoisotopic (exact) mass is 353 g/mol.